The Balaban J connectivity index is 1.57. The molecular weight excluding hydrogens is 398 g/mol. The lowest BCUT2D eigenvalue weighted by atomic mass is 10.1. The van der Waals surface area contributed by atoms with Crippen LogP contribution < -0.4 is 5.32 Å². The van der Waals surface area contributed by atoms with Crippen molar-refractivity contribution in [3.05, 3.63) is 35.2 Å². The maximum Gasteiger partial charge on any atom is 0.251 e. The third-order valence-electron chi connectivity index (χ3n) is 5.88. The number of benzene rings is 1. The smallest absolute Gasteiger partial charge is 0.251 e. The normalized spacial score (nSPS) is 22.9. The minimum absolute atomic E-state index is 0.0272. The van der Waals surface area contributed by atoms with Gasteiger partial charge in [-0.05, 0) is 37.5 Å². The molecule has 1 aliphatic heterocycles. The molecule has 1 fully saturated rings. The number of hydrogen-bond acceptors (Lipinski definition) is 5. The number of rotatable bonds is 3. The molecule has 6 heteroatoms. The van der Waals surface area contributed by atoms with Crippen LogP contribution in [0, 0.1) is 0 Å². The van der Waals surface area contributed by atoms with Gasteiger partial charge in [-0.25, -0.2) is 9.97 Å². The number of hydrogen-bond donors (Lipinski definition) is 1. The lowest BCUT2D eigenvalue weighted by Gasteiger charge is -2.28. The van der Waals surface area contributed by atoms with Crippen LogP contribution in [0.25, 0.3) is 11.0 Å². The van der Waals surface area contributed by atoms with E-state index in [2.05, 4.69) is 35.8 Å². The van der Waals surface area contributed by atoms with E-state index in [1.54, 1.807) is 0 Å². The van der Waals surface area contributed by atoms with Crippen LogP contribution in [-0.2, 0) is 11.5 Å². The van der Waals surface area contributed by atoms with E-state index in [0.717, 1.165) is 50.8 Å². The number of aromatic nitrogens is 2. The first-order chi connectivity index (χ1) is 14.2. The largest absolute Gasteiger partial charge is 0.352 e. The van der Waals surface area contributed by atoms with Crippen LogP contribution in [0.4, 0.5) is 0 Å². The number of nitrogens with one attached hydrogen (secondary N) is 1. The zero-order valence-electron chi connectivity index (χ0n) is 17.3. The highest BCUT2D eigenvalue weighted by atomic mass is 32.2. The van der Waals surface area contributed by atoms with Crippen LogP contribution in [0.1, 0.15) is 80.0 Å². The fourth-order valence-corrected chi connectivity index (χ4v) is 7.23. The Hall–Kier alpha value is -1.27. The van der Waals surface area contributed by atoms with E-state index in [1.807, 2.05) is 18.2 Å². The summed E-state index contributed by atoms with van der Waals surface area (Å²) >= 11 is 4.18. The van der Waals surface area contributed by atoms with E-state index in [-0.39, 0.29) is 5.91 Å². The van der Waals surface area contributed by atoms with Gasteiger partial charge in [0, 0.05) is 34.1 Å². The Labute approximate surface area is 182 Å². The summed E-state index contributed by atoms with van der Waals surface area (Å²) in [6.07, 6.45) is 10.5. The molecule has 0 radical (unpaired) electrons. The molecule has 0 saturated heterocycles. The van der Waals surface area contributed by atoms with E-state index < -0.39 is 0 Å². The van der Waals surface area contributed by atoms with Crippen molar-refractivity contribution in [2.45, 2.75) is 80.3 Å². The molecule has 1 N–H and O–H groups in total. The molecule has 1 aromatic carbocycles. The molecule has 2 heterocycles. The molecule has 2 aromatic rings. The van der Waals surface area contributed by atoms with E-state index in [4.69, 9.17) is 9.97 Å². The van der Waals surface area contributed by atoms with Crippen molar-refractivity contribution in [1.82, 2.24) is 15.3 Å². The quantitative estimate of drug-likeness (QED) is 0.675. The van der Waals surface area contributed by atoms with Crippen LogP contribution in [0.2, 0.25) is 0 Å². The topological polar surface area (TPSA) is 54.9 Å². The zero-order valence-corrected chi connectivity index (χ0v) is 18.9. The Bertz CT molecular complexity index is 857. The van der Waals surface area contributed by atoms with E-state index in [9.17, 15) is 4.79 Å². The van der Waals surface area contributed by atoms with Gasteiger partial charge < -0.3 is 5.32 Å². The molecular formula is C23H31N3OS2. The average Bonchev–Trinajstić information content (AvgIpc) is 2.84. The maximum atomic E-state index is 12.3. The Kier molecular flexibility index (Phi) is 7.35. The first-order valence-corrected chi connectivity index (χ1v) is 13.2. The first-order valence-electron chi connectivity index (χ1n) is 11.1. The minimum atomic E-state index is -0.0272. The monoisotopic (exact) mass is 429 g/mol. The van der Waals surface area contributed by atoms with Crippen LogP contribution in [0.15, 0.2) is 18.2 Å². The molecule has 0 spiro atoms. The van der Waals surface area contributed by atoms with Gasteiger partial charge in [0.1, 0.15) is 0 Å². The van der Waals surface area contributed by atoms with Gasteiger partial charge in [0.2, 0.25) is 0 Å². The van der Waals surface area contributed by atoms with Gasteiger partial charge in [0.25, 0.3) is 5.91 Å². The second-order valence-corrected chi connectivity index (χ2v) is 10.6. The molecule has 29 heavy (non-hydrogen) atoms. The van der Waals surface area contributed by atoms with Crippen molar-refractivity contribution < 1.29 is 4.79 Å². The summed E-state index contributed by atoms with van der Waals surface area (Å²) in [6.45, 7) is 2.76. The van der Waals surface area contributed by atoms with E-state index in [1.165, 1.54) is 44.9 Å². The second-order valence-electron chi connectivity index (χ2n) is 8.12. The third-order valence-corrected chi connectivity index (χ3v) is 8.91. The summed E-state index contributed by atoms with van der Waals surface area (Å²) in [5.41, 5.74) is 4.65. The van der Waals surface area contributed by atoms with Gasteiger partial charge in [0.15, 0.2) is 0 Å². The number of carbonyl (C=O) groups is 1. The van der Waals surface area contributed by atoms with Crippen LogP contribution in [0.3, 0.4) is 0 Å². The fourth-order valence-electron chi connectivity index (χ4n) is 4.19. The minimum Gasteiger partial charge on any atom is -0.352 e. The van der Waals surface area contributed by atoms with Crippen molar-refractivity contribution in [3.8, 4) is 0 Å². The lowest BCUT2D eigenvalue weighted by Crippen LogP contribution is -2.24. The van der Waals surface area contributed by atoms with Crippen LogP contribution >= 0.6 is 23.5 Å². The van der Waals surface area contributed by atoms with Crippen LogP contribution in [0.5, 0.6) is 0 Å². The van der Waals surface area contributed by atoms with Crippen molar-refractivity contribution in [1.29, 1.82) is 0 Å². The van der Waals surface area contributed by atoms with Crippen molar-refractivity contribution in [2.75, 3.05) is 6.54 Å². The third kappa shape index (κ3) is 5.26. The molecule has 4 nitrogen and oxygen atoms in total. The SMILES string of the molecule is CCCNC(=O)c1ccc2nc3c(nc2c1)CSC1CCCCCCCC1SC3. The van der Waals surface area contributed by atoms with E-state index >= 15 is 0 Å². The standard InChI is InChI=1S/C23H31N3OS2/c1-2-12-24-23(27)16-10-11-17-18(13-16)26-20-15-29-22-9-7-5-3-4-6-8-21(22)28-14-19(20)25-17/h10-11,13,21-22H,2-9,12,14-15H2,1H3,(H,24,27). The van der Waals surface area contributed by atoms with Crippen molar-refractivity contribution >= 4 is 40.5 Å². The van der Waals surface area contributed by atoms with Crippen LogP contribution in [-0.4, -0.2) is 32.9 Å². The van der Waals surface area contributed by atoms with E-state index in [0.29, 0.717) is 12.1 Å². The summed E-state index contributed by atoms with van der Waals surface area (Å²) < 4.78 is 0. The summed E-state index contributed by atoms with van der Waals surface area (Å²) in [4.78, 5) is 22.2. The van der Waals surface area contributed by atoms with Crippen molar-refractivity contribution in [3.63, 3.8) is 0 Å². The molecule has 2 atom stereocenters. The molecule has 2 aliphatic rings. The summed E-state index contributed by atoms with van der Waals surface area (Å²) in [6, 6.07) is 5.71. The van der Waals surface area contributed by atoms with Gasteiger partial charge >= 0.3 is 0 Å². The number of thioether (sulfide) groups is 2. The molecule has 1 saturated carbocycles. The predicted molar refractivity (Wildman–Crippen MR) is 125 cm³/mol. The number of fused-ring (bicyclic) bond motifs is 3. The van der Waals surface area contributed by atoms with Gasteiger partial charge in [0.05, 0.1) is 22.4 Å². The van der Waals surface area contributed by atoms with Gasteiger partial charge in [-0.2, -0.15) is 23.5 Å². The van der Waals surface area contributed by atoms with Crippen molar-refractivity contribution in [2.24, 2.45) is 0 Å². The molecule has 0 bridgehead atoms. The lowest BCUT2D eigenvalue weighted by molar-refractivity contribution is 0.0954. The van der Waals surface area contributed by atoms with Gasteiger partial charge in [-0.1, -0.05) is 39.0 Å². The zero-order chi connectivity index (χ0) is 20.1. The first kappa shape index (κ1) is 21.0. The molecule has 2 unspecified atom stereocenters. The molecule has 1 aliphatic carbocycles. The molecule has 1 aromatic heterocycles. The Morgan fingerprint density at radius 3 is 2.24 bits per heavy atom. The summed E-state index contributed by atoms with van der Waals surface area (Å²) in [5, 5.41) is 4.42. The predicted octanol–water partition coefficient (Wildman–Crippen LogP) is 5.73. The maximum absolute atomic E-state index is 12.3. The van der Waals surface area contributed by atoms with Gasteiger partial charge in [-0.15, -0.1) is 0 Å². The number of carbonyl (C=O) groups excluding carboxylic acids is 1. The summed E-state index contributed by atoms with van der Waals surface area (Å²) in [5.74, 6) is 1.87. The average molecular weight is 430 g/mol. The highest BCUT2D eigenvalue weighted by Crippen LogP contribution is 2.39. The van der Waals surface area contributed by atoms with Gasteiger partial charge in [-0.3, -0.25) is 4.79 Å². The summed E-state index contributed by atoms with van der Waals surface area (Å²) in [7, 11) is 0. The Morgan fingerprint density at radius 1 is 0.966 bits per heavy atom. The second kappa shape index (κ2) is 10.2. The highest BCUT2D eigenvalue weighted by Gasteiger charge is 2.27. The highest BCUT2D eigenvalue weighted by molar-refractivity contribution is 8.03. The molecule has 156 valence electrons. The number of nitrogens with zero attached hydrogens (tertiary/aromatic N) is 2. The molecule has 4 rings (SSSR count). The number of amides is 1. The Morgan fingerprint density at radius 2 is 1.59 bits per heavy atom. The fraction of sp³-hybridized carbons (Fsp3) is 0.609. The molecule has 1 amide bonds.